The molecule has 16 heavy (non-hydrogen) atoms. The van der Waals surface area contributed by atoms with E-state index in [-0.39, 0.29) is 11.8 Å². The molecular formula is C11H21N3O2. The van der Waals surface area contributed by atoms with E-state index >= 15 is 0 Å². The Balaban J connectivity index is 2.75. The van der Waals surface area contributed by atoms with Gasteiger partial charge in [-0.25, -0.2) is 0 Å². The third kappa shape index (κ3) is 2.72. The number of piperidine rings is 1. The fourth-order valence-corrected chi connectivity index (χ4v) is 1.97. The van der Waals surface area contributed by atoms with Crippen LogP contribution in [0.1, 0.15) is 33.1 Å². The fourth-order valence-electron chi connectivity index (χ4n) is 1.97. The summed E-state index contributed by atoms with van der Waals surface area (Å²) in [4.78, 5) is 24.8. The van der Waals surface area contributed by atoms with E-state index in [1.807, 2.05) is 13.8 Å². The van der Waals surface area contributed by atoms with Crippen LogP contribution in [0.5, 0.6) is 0 Å². The Morgan fingerprint density at radius 2 is 1.94 bits per heavy atom. The number of hydrogen-bond donors (Lipinski definition) is 2. The Morgan fingerprint density at radius 1 is 1.31 bits per heavy atom. The zero-order valence-corrected chi connectivity index (χ0v) is 9.98. The second-order valence-electron chi connectivity index (χ2n) is 4.72. The summed E-state index contributed by atoms with van der Waals surface area (Å²) in [6.45, 7) is 4.38. The lowest BCUT2D eigenvalue weighted by atomic mass is 9.97. The number of primary amides is 1. The molecule has 5 heteroatoms. The van der Waals surface area contributed by atoms with Gasteiger partial charge in [0.2, 0.25) is 11.8 Å². The summed E-state index contributed by atoms with van der Waals surface area (Å²) in [6.07, 6.45) is 2.51. The molecular weight excluding hydrogens is 206 g/mol. The van der Waals surface area contributed by atoms with Crippen LogP contribution in [0.4, 0.5) is 0 Å². The van der Waals surface area contributed by atoms with Crippen LogP contribution in [0.25, 0.3) is 0 Å². The molecule has 0 aromatic rings. The third-order valence-electron chi connectivity index (χ3n) is 3.12. The van der Waals surface area contributed by atoms with Crippen molar-refractivity contribution >= 4 is 11.8 Å². The minimum atomic E-state index is -0.542. The summed E-state index contributed by atoms with van der Waals surface area (Å²) in [5, 5.41) is 0. The number of hydrogen-bond acceptors (Lipinski definition) is 3. The molecule has 0 saturated carbocycles. The van der Waals surface area contributed by atoms with Crippen molar-refractivity contribution in [2.75, 3.05) is 6.54 Å². The average Bonchev–Trinajstić information content (AvgIpc) is 2.26. The normalized spacial score (nSPS) is 23.2. The summed E-state index contributed by atoms with van der Waals surface area (Å²) < 4.78 is 0. The largest absolute Gasteiger partial charge is 0.368 e. The maximum atomic E-state index is 12.0. The number of carbonyl (C=O) groups is 2. The van der Waals surface area contributed by atoms with E-state index in [1.54, 1.807) is 4.90 Å². The lowest BCUT2D eigenvalue weighted by molar-refractivity contribution is -0.142. The van der Waals surface area contributed by atoms with Crippen LogP contribution in [0.2, 0.25) is 0 Å². The molecule has 92 valence electrons. The molecule has 5 nitrogen and oxygen atoms in total. The lowest BCUT2D eigenvalue weighted by Gasteiger charge is -2.36. The van der Waals surface area contributed by atoms with E-state index in [1.165, 1.54) is 0 Å². The summed E-state index contributed by atoms with van der Waals surface area (Å²) >= 11 is 0. The van der Waals surface area contributed by atoms with Gasteiger partial charge < -0.3 is 16.4 Å². The van der Waals surface area contributed by atoms with Gasteiger partial charge in [0.25, 0.3) is 0 Å². The van der Waals surface area contributed by atoms with Crippen molar-refractivity contribution in [3.05, 3.63) is 0 Å². The standard InChI is InChI=1S/C11H21N3O2/c1-7(2)9(12)11(16)14-6-4-3-5-8(14)10(13)15/h7-9H,3-6,12H2,1-2H3,(H2,13,15). The Kier molecular flexibility index (Phi) is 4.29. The van der Waals surface area contributed by atoms with E-state index in [2.05, 4.69) is 0 Å². The van der Waals surface area contributed by atoms with E-state index in [0.29, 0.717) is 13.0 Å². The molecule has 1 fully saturated rings. The maximum absolute atomic E-state index is 12.0. The van der Waals surface area contributed by atoms with Gasteiger partial charge in [-0.15, -0.1) is 0 Å². The highest BCUT2D eigenvalue weighted by atomic mass is 16.2. The van der Waals surface area contributed by atoms with Gasteiger partial charge in [-0.3, -0.25) is 9.59 Å². The van der Waals surface area contributed by atoms with Gasteiger partial charge >= 0.3 is 0 Å². The maximum Gasteiger partial charge on any atom is 0.240 e. The molecule has 2 unspecified atom stereocenters. The molecule has 2 amide bonds. The highest BCUT2D eigenvalue weighted by Gasteiger charge is 2.33. The van der Waals surface area contributed by atoms with Crippen LogP contribution in [0.15, 0.2) is 0 Å². The van der Waals surface area contributed by atoms with E-state index < -0.39 is 18.0 Å². The van der Waals surface area contributed by atoms with Gasteiger partial charge in [0.05, 0.1) is 6.04 Å². The van der Waals surface area contributed by atoms with Crippen molar-refractivity contribution in [1.82, 2.24) is 4.90 Å². The quantitative estimate of drug-likeness (QED) is 0.701. The number of nitrogens with two attached hydrogens (primary N) is 2. The SMILES string of the molecule is CC(C)C(N)C(=O)N1CCCCC1C(N)=O. The summed E-state index contributed by atoms with van der Waals surface area (Å²) in [5.74, 6) is -0.509. The predicted molar refractivity (Wildman–Crippen MR) is 61.4 cm³/mol. The summed E-state index contributed by atoms with van der Waals surface area (Å²) in [5.41, 5.74) is 11.1. The van der Waals surface area contributed by atoms with Crippen molar-refractivity contribution in [1.29, 1.82) is 0 Å². The van der Waals surface area contributed by atoms with Crippen LogP contribution in [-0.2, 0) is 9.59 Å². The number of rotatable bonds is 3. The van der Waals surface area contributed by atoms with Crippen LogP contribution >= 0.6 is 0 Å². The molecule has 1 heterocycles. The van der Waals surface area contributed by atoms with Gasteiger partial charge in [-0.1, -0.05) is 13.8 Å². The number of nitrogens with zero attached hydrogens (tertiary/aromatic N) is 1. The minimum absolute atomic E-state index is 0.0722. The molecule has 1 saturated heterocycles. The lowest BCUT2D eigenvalue weighted by Crippen LogP contribution is -2.56. The molecule has 1 aliphatic heterocycles. The van der Waals surface area contributed by atoms with Crippen molar-refractivity contribution in [3.8, 4) is 0 Å². The molecule has 2 atom stereocenters. The molecule has 1 aliphatic rings. The molecule has 0 radical (unpaired) electrons. The van der Waals surface area contributed by atoms with E-state index in [9.17, 15) is 9.59 Å². The Morgan fingerprint density at radius 3 is 2.44 bits per heavy atom. The Labute approximate surface area is 96.1 Å². The van der Waals surface area contributed by atoms with Crippen LogP contribution < -0.4 is 11.5 Å². The van der Waals surface area contributed by atoms with Gasteiger partial charge in [0.1, 0.15) is 6.04 Å². The van der Waals surface area contributed by atoms with Gasteiger partial charge in [-0.2, -0.15) is 0 Å². The Bertz CT molecular complexity index is 278. The predicted octanol–water partition coefficient (Wildman–Crippen LogP) is -0.164. The monoisotopic (exact) mass is 227 g/mol. The van der Waals surface area contributed by atoms with Crippen LogP contribution in [-0.4, -0.2) is 35.3 Å². The highest BCUT2D eigenvalue weighted by Crippen LogP contribution is 2.18. The first-order valence-electron chi connectivity index (χ1n) is 5.80. The number of carbonyl (C=O) groups excluding carboxylic acids is 2. The second-order valence-corrected chi connectivity index (χ2v) is 4.72. The van der Waals surface area contributed by atoms with Crippen LogP contribution in [0, 0.1) is 5.92 Å². The molecule has 0 aromatic carbocycles. The first-order chi connectivity index (χ1) is 7.45. The zero-order chi connectivity index (χ0) is 12.3. The number of amides is 2. The smallest absolute Gasteiger partial charge is 0.240 e. The van der Waals surface area contributed by atoms with Gasteiger partial charge in [-0.05, 0) is 25.2 Å². The minimum Gasteiger partial charge on any atom is -0.368 e. The third-order valence-corrected chi connectivity index (χ3v) is 3.12. The van der Waals surface area contributed by atoms with Crippen LogP contribution in [0.3, 0.4) is 0 Å². The molecule has 0 aromatic heterocycles. The molecule has 0 bridgehead atoms. The van der Waals surface area contributed by atoms with Crippen molar-refractivity contribution in [2.24, 2.45) is 17.4 Å². The molecule has 0 aliphatic carbocycles. The van der Waals surface area contributed by atoms with E-state index in [4.69, 9.17) is 11.5 Å². The first kappa shape index (κ1) is 13.0. The zero-order valence-electron chi connectivity index (χ0n) is 9.98. The topological polar surface area (TPSA) is 89.4 Å². The first-order valence-corrected chi connectivity index (χ1v) is 5.80. The van der Waals surface area contributed by atoms with E-state index in [0.717, 1.165) is 12.8 Å². The average molecular weight is 227 g/mol. The molecule has 1 rings (SSSR count). The summed E-state index contributed by atoms with van der Waals surface area (Å²) in [6, 6.07) is -1.01. The highest BCUT2D eigenvalue weighted by molar-refractivity contribution is 5.89. The summed E-state index contributed by atoms with van der Waals surface area (Å²) in [7, 11) is 0. The van der Waals surface area contributed by atoms with Gasteiger partial charge in [0.15, 0.2) is 0 Å². The molecule has 4 N–H and O–H groups in total. The van der Waals surface area contributed by atoms with Crippen molar-refractivity contribution < 1.29 is 9.59 Å². The molecule has 0 spiro atoms. The van der Waals surface area contributed by atoms with Crippen molar-refractivity contribution in [3.63, 3.8) is 0 Å². The Hall–Kier alpha value is -1.10. The van der Waals surface area contributed by atoms with Gasteiger partial charge in [0, 0.05) is 6.54 Å². The number of likely N-dealkylation sites (tertiary alicyclic amines) is 1. The fraction of sp³-hybridized carbons (Fsp3) is 0.818. The second kappa shape index (κ2) is 5.30. The van der Waals surface area contributed by atoms with Crippen molar-refractivity contribution in [2.45, 2.75) is 45.2 Å².